The second-order valence-electron chi connectivity index (χ2n) is 8.06. The first-order valence-electron chi connectivity index (χ1n) is 10.4. The molecule has 0 spiro atoms. The minimum atomic E-state index is 0.0146. The van der Waals surface area contributed by atoms with Crippen LogP contribution in [0.1, 0.15) is 36.6 Å². The van der Waals surface area contributed by atoms with Gasteiger partial charge in [0.1, 0.15) is 17.9 Å². The molecule has 0 radical (unpaired) electrons. The highest BCUT2D eigenvalue weighted by Crippen LogP contribution is 2.24. The van der Waals surface area contributed by atoms with E-state index >= 15 is 0 Å². The summed E-state index contributed by atoms with van der Waals surface area (Å²) in [7, 11) is 0. The number of anilines is 1. The third kappa shape index (κ3) is 4.08. The second kappa shape index (κ2) is 8.30. The molecule has 8 nitrogen and oxygen atoms in total. The van der Waals surface area contributed by atoms with Gasteiger partial charge in [0.2, 0.25) is 0 Å². The van der Waals surface area contributed by atoms with Crippen molar-refractivity contribution in [3.05, 3.63) is 47.4 Å². The standard InChI is InChI=1S/C22H28N6O2/c1-15(2)18-6-5-16(3)19(12-18)30-13-21(29)27-9-7-26(8-10-27)20-11-17(4)25-22-23-14-24-28(20)22/h5-6,11-12,14-15H,7-10,13H2,1-4H3. The highest BCUT2D eigenvalue weighted by molar-refractivity contribution is 5.78. The first-order valence-corrected chi connectivity index (χ1v) is 10.4. The summed E-state index contributed by atoms with van der Waals surface area (Å²) in [6, 6.07) is 8.21. The predicted molar refractivity (Wildman–Crippen MR) is 115 cm³/mol. The normalized spacial score (nSPS) is 14.6. The monoisotopic (exact) mass is 408 g/mol. The molecule has 1 aromatic carbocycles. The van der Waals surface area contributed by atoms with Crippen LogP contribution in [0.15, 0.2) is 30.6 Å². The SMILES string of the molecule is Cc1cc(N2CCN(C(=O)COc3cc(C(C)C)ccc3C)CC2)n2ncnc2n1. The molecule has 4 rings (SSSR count). The van der Waals surface area contributed by atoms with Crippen LogP contribution >= 0.6 is 0 Å². The molecule has 1 aliphatic rings. The van der Waals surface area contributed by atoms with Crippen LogP contribution < -0.4 is 9.64 Å². The minimum Gasteiger partial charge on any atom is -0.483 e. The maximum atomic E-state index is 12.7. The summed E-state index contributed by atoms with van der Waals surface area (Å²) in [5.74, 6) is 2.77. The minimum absolute atomic E-state index is 0.0146. The summed E-state index contributed by atoms with van der Waals surface area (Å²) in [5, 5.41) is 4.28. The third-order valence-corrected chi connectivity index (χ3v) is 5.55. The zero-order chi connectivity index (χ0) is 21.3. The van der Waals surface area contributed by atoms with Crippen LogP contribution in [0.3, 0.4) is 0 Å². The number of hydrogen-bond acceptors (Lipinski definition) is 6. The van der Waals surface area contributed by atoms with Crippen LogP contribution in [0, 0.1) is 13.8 Å². The summed E-state index contributed by atoms with van der Waals surface area (Å²) in [6.07, 6.45) is 1.51. The van der Waals surface area contributed by atoms with Gasteiger partial charge in [-0.05, 0) is 37.0 Å². The molecule has 8 heteroatoms. The van der Waals surface area contributed by atoms with Crippen molar-refractivity contribution in [3.8, 4) is 5.75 Å². The number of aromatic nitrogens is 4. The zero-order valence-corrected chi connectivity index (χ0v) is 18.0. The van der Waals surface area contributed by atoms with E-state index in [-0.39, 0.29) is 12.5 Å². The molecule has 1 aliphatic heterocycles. The fourth-order valence-electron chi connectivity index (χ4n) is 3.68. The Bertz CT molecular complexity index is 1050. The Kier molecular flexibility index (Phi) is 5.57. The Morgan fingerprint density at radius 1 is 1.13 bits per heavy atom. The number of carbonyl (C=O) groups excluding carboxylic acids is 1. The van der Waals surface area contributed by atoms with Crippen molar-refractivity contribution < 1.29 is 9.53 Å². The number of rotatable bonds is 5. The Morgan fingerprint density at radius 3 is 2.63 bits per heavy atom. The Hall–Kier alpha value is -3.16. The molecule has 0 atom stereocenters. The second-order valence-corrected chi connectivity index (χ2v) is 8.06. The van der Waals surface area contributed by atoms with Crippen molar-refractivity contribution in [1.29, 1.82) is 0 Å². The Labute approximate surface area is 176 Å². The lowest BCUT2D eigenvalue weighted by Crippen LogP contribution is -2.50. The third-order valence-electron chi connectivity index (χ3n) is 5.55. The fourth-order valence-corrected chi connectivity index (χ4v) is 3.68. The van der Waals surface area contributed by atoms with Gasteiger partial charge in [-0.25, -0.2) is 4.98 Å². The van der Waals surface area contributed by atoms with Gasteiger partial charge in [-0.1, -0.05) is 26.0 Å². The largest absolute Gasteiger partial charge is 0.483 e. The molecule has 0 N–H and O–H groups in total. The number of amides is 1. The van der Waals surface area contributed by atoms with Crippen molar-refractivity contribution in [1.82, 2.24) is 24.5 Å². The van der Waals surface area contributed by atoms with Gasteiger partial charge in [0.25, 0.3) is 11.7 Å². The Morgan fingerprint density at radius 2 is 1.90 bits per heavy atom. The van der Waals surface area contributed by atoms with Crippen LogP contribution in [0.5, 0.6) is 5.75 Å². The average Bonchev–Trinajstić information content (AvgIpc) is 3.20. The molecule has 3 heterocycles. The molecule has 1 saturated heterocycles. The number of nitrogens with zero attached hydrogens (tertiary/aromatic N) is 6. The maximum Gasteiger partial charge on any atom is 0.260 e. The van der Waals surface area contributed by atoms with E-state index in [1.165, 1.54) is 11.9 Å². The van der Waals surface area contributed by atoms with Crippen molar-refractivity contribution in [3.63, 3.8) is 0 Å². The highest BCUT2D eigenvalue weighted by Gasteiger charge is 2.24. The molecule has 30 heavy (non-hydrogen) atoms. The molecule has 0 aliphatic carbocycles. The summed E-state index contributed by atoms with van der Waals surface area (Å²) in [4.78, 5) is 25.4. The number of ether oxygens (including phenoxy) is 1. The molecule has 0 bridgehead atoms. The van der Waals surface area contributed by atoms with Gasteiger partial charge in [0.15, 0.2) is 6.61 Å². The van der Waals surface area contributed by atoms with Gasteiger partial charge in [0.05, 0.1) is 0 Å². The van der Waals surface area contributed by atoms with E-state index in [9.17, 15) is 4.79 Å². The Balaban J connectivity index is 1.37. The molecule has 1 amide bonds. The molecular weight excluding hydrogens is 380 g/mol. The lowest BCUT2D eigenvalue weighted by atomic mass is 10.0. The van der Waals surface area contributed by atoms with Crippen LogP contribution in [0.25, 0.3) is 5.78 Å². The summed E-state index contributed by atoms with van der Waals surface area (Å²) in [6.45, 7) is 11.1. The van der Waals surface area contributed by atoms with E-state index in [1.807, 2.05) is 30.9 Å². The van der Waals surface area contributed by atoms with Crippen LogP contribution in [0.2, 0.25) is 0 Å². The zero-order valence-electron chi connectivity index (χ0n) is 18.0. The van der Waals surface area contributed by atoms with Crippen LogP contribution in [-0.4, -0.2) is 63.2 Å². The quantitative estimate of drug-likeness (QED) is 0.646. The smallest absolute Gasteiger partial charge is 0.260 e. The number of piperazine rings is 1. The van der Waals surface area contributed by atoms with E-state index in [0.717, 1.165) is 35.9 Å². The number of fused-ring (bicyclic) bond motifs is 1. The van der Waals surface area contributed by atoms with E-state index < -0.39 is 0 Å². The van der Waals surface area contributed by atoms with Crippen LogP contribution in [-0.2, 0) is 4.79 Å². The molecule has 3 aromatic rings. The lowest BCUT2D eigenvalue weighted by molar-refractivity contribution is -0.133. The number of hydrogen-bond donors (Lipinski definition) is 0. The van der Waals surface area contributed by atoms with Gasteiger partial charge in [-0.2, -0.15) is 14.6 Å². The molecule has 0 saturated carbocycles. The number of carbonyl (C=O) groups is 1. The lowest BCUT2D eigenvalue weighted by Gasteiger charge is -2.35. The van der Waals surface area contributed by atoms with Crippen molar-refractivity contribution in [2.24, 2.45) is 0 Å². The highest BCUT2D eigenvalue weighted by atomic mass is 16.5. The summed E-state index contributed by atoms with van der Waals surface area (Å²) < 4.78 is 7.63. The average molecular weight is 409 g/mol. The predicted octanol–water partition coefficient (Wildman–Crippen LogP) is 2.59. The maximum absolute atomic E-state index is 12.7. The molecule has 158 valence electrons. The summed E-state index contributed by atoms with van der Waals surface area (Å²) in [5.41, 5.74) is 3.15. The fraction of sp³-hybridized carbons (Fsp3) is 0.455. The molecule has 1 fully saturated rings. The topological polar surface area (TPSA) is 75.9 Å². The van der Waals surface area contributed by atoms with Crippen molar-refractivity contribution in [2.45, 2.75) is 33.6 Å². The van der Waals surface area contributed by atoms with E-state index in [4.69, 9.17) is 4.74 Å². The van der Waals surface area contributed by atoms with Crippen molar-refractivity contribution >= 4 is 17.5 Å². The summed E-state index contributed by atoms with van der Waals surface area (Å²) >= 11 is 0. The van der Waals surface area contributed by atoms with Gasteiger partial charge in [-0.15, -0.1) is 0 Å². The first-order chi connectivity index (χ1) is 14.4. The molecular formula is C22H28N6O2. The van der Waals surface area contributed by atoms with E-state index in [0.29, 0.717) is 24.8 Å². The number of benzene rings is 1. The van der Waals surface area contributed by atoms with Crippen LogP contribution in [0.4, 0.5) is 5.82 Å². The molecule has 0 unspecified atom stereocenters. The van der Waals surface area contributed by atoms with Gasteiger partial charge >= 0.3 is 0 Å². The first kappa shape index (κ1) is 20.1. The number of aryl methyl sites for hydroxylation is 2. The van der Waals surface area contributed by atoms with Gasteiger partial charge < -0.3 is 14.5 Å². The van der Waals surface area contributed by atoms with Crippen molar-refractivity contribution in [2.75, 3.05) is 37.7 Å². The van der Waals surface area contributed by atoms with Gasteiger partial charge in [0, 0.05) is 37.9 Å². The molecule has 2 aromatic heterocycles. The van der Waals surface area contributed by atoms with E-state index in [2.05, 4.69) is 45.9 Å². The van der Waals surface area contributed by atoms with E-state index in [1.54, 1.807) is 4.52 Å². The van der Waals surface area contributed by atoms with Gasteiger partial charge in [-0.3, -0.25) is 4.79 Å².